The summed E-state index contributed by atoms with van der Waals surface area (Å²) in [5.74, 6) is 1.40. The number of piperidine rings is 1. The molecule has 5 atom stereocenters. The van der Waals surface area contributed by atoms with Crippen molar-refractivity contribution in [1.82, 2.24) is 101 Å². The zero-order chi connectivity index (χ0) is 72.6. The monoisotopic (exact) mass is 1380 g/mol. The maximum atomic E-state index is 12.1. The second-order valence-electron chi connectivity index (χ2n) is 24.2. The molecule has 0 saturated carbocycles. The van der Waals surface area contributed by atoms with Crippen molar-refractivity contribution in [1.29, 1.82) is 0 Å². The molecule has 8 aromatic heterocycles. The van der Waals surface area contributed by atoms with Gasteiger partial charge in [-0.2, -0.15) is 0 Å². The van der Waals surface area contributed by atoms with Crippen molar-refractivity contribution in [3.8, 4) is 0 Å². The second kappa shape index (κ2) is 33.7. The van der Waals surface area contributed by atoms with Crippen molar-refractivity contribution in [3.05, 3.63) is 122 Å². The number of hydrogen-bond donors (Lipinski definition) is 10. The third-order valence-corrected chi connectivity index (χ3v) is 17.9. The maximum absolute atomic E-state index is 12.1. The Morgan fingerprint density at radius 1 is 0.446 bits per heavy atom. The molecule has 0 spiro atoms. The van der Waals surface area contributed by atoms with E-state index in [1.807, 2.05) is 63.5 Å². The summed E-state index contributed by atoms with van der Waals surface area (Å²) in [6, 6.07) is 0.204. The van der Waals surface area contributed by atoms with Crippen molar-refractivity contribution < 1.29 is 43.5 Å². The minimum absolute atomic E-state index is 0.0541. The van der Waals surface area contributed by atoms with Crippen LogP contribution in [0.2, 0.25) is 0 Å². The molecule has 0 radical (unpaired) electrons. The van der Waals surface area contributed by atoms with Gasteiger partial charge < -0.3 is 85.9 Å². The zero-order valence-corrected chi connectivity index (χ0v) is 57.9. The molecule has 33 nitrogen and oxygen atoms in total. The molecule has 4 aliphatic rings. The standard InChI is InChI=1S/C17H22N6O3.3C17H22N6O2/c1-3-14(25)23-6-5-11(12(24)9-23)21-13-8-20-16-15(22-13)10(7-19-16)17(26)18-4-2;3*1-4-14(24)23-7-6-11(10-23)22(3)13-9-20-16-15(21-13)12(8-19-16)17(25)18-5-2/h3,7-8,11-12,24H,1,4-6,9H2,2H3,(H,18,26)(H,19,20)(H,21,22);3*4,8-9,11H,1,5-7,10H2,2-3H3,(H,18,25)(H,19,20)/t11-,12-;2*11-;/m010./s1. The van der Waals surface area contributed by atoms with Crippen molar-refractivity contribution in [2.45, 2.75) is 83.6 Å². The van der Waals surface area contributed by atoms with E-state index in [1.165, 1.54) is 24.3 Å². The number of carbonyl (C=O) groups excluding carboxylic acids is 8. The number of aromatic amines is 4. The van der Waals surface area contributed by atoms with Gasteiger partial charge in [-0.25, -0.2) is 39.9 Å². The van der Waals surface area contributed by atoms with Gasteiger partial charge in [0.1, 0.15) is 45.3 Å². The number of rotatable bonds is 20. The van der Waals surface area contributed by atoms with Crippen molar-refractivity contribution in [3.63, 3.8) is 0 Å². The van der Waals surface area contributed by atoms with E-state index in [0.29, 0.717) is 169 Å². The zero-order valence-electron chi connectivity index (χ0n) is 57.9. The van der Waals surface area contributed by atoms with Gasteiger partial charge in [-0.05, 0) is 77.7 Å². The van der Waals surface area contributed by atoms with Crippen LogP contribution in [0.5, 0.6) is 0 Å². The smallest absolute Gasteiger partial charge is 0.255 e. The molecular weight excluding hydrogens is 1300 g/mol. The number of aliphatic hydroxyl groups is 1. The van der Waals surface area contributed by atoms with Crippen LogP contribution in [0, 0.1) is 0 Å². The van der Waals surface area contributed by atoms with Crippen molar-refractivity contribution in [2.75, 3.05) is 120 Å². The minimum Gasteiger partial charge on any atom is -0.389 e. The summed E-state index contributed by atoms with van der Waals surface area (Å²) in [6.07, 6.45) is 20.7. The number of amides is 8. The third-order valence-electron chi connectivity index (χ3n) is 17.9. The number of anilines is 4. The van der Waals surface area contributed by atoms with Gasteiger partial charge in [0, 0.05) is 143 Å². The first kappa shape index (κ1) is 73.6. The van der Waals surface area contributed by atoms with Crippen LogP contribution in [0.4, 0.5) is 23.3 Å². The van der Waals surface area contributed by atoms with E-state index in [1.54, 1.807) is 69.2 Å². The number of aliphatic hydroxyl groups excluding tert-OH is 1. The molecular formula is C68H88N24O9. The van der Waals surface area contributed by atoms with Crippen LogP contribution in [-0.2, 0) is 19.2 Å². The summed E-state index contributed by atoms with van der Waals surface area (Å²) in [7, 11) is 5.79. The highest BCUT2D eigenvalue weighted by Gasteiger charge is 2.34. The highest BCUT2D eigenvalue weighted by atomic mass is 16.3. The fourth-order valence-electron chi connectivity index (χ4n) is 12.2. The minimum atomic E-state index is -0.737. The third kappa shape index (κ3) is 17.1. The molecule has 8 aromatic rings. The summed E-state index contributed by atoms with van der Waals surface area (Å²) >= 11 is 0. The summed E-state index contributed by atoms with van der Waals surface area (Å²) in [5.41, 5.74) is 6.23. The first-order valence-corrected chi connectivity index (χ1v) is 33.5. The molecule has 33 heteroatoms. The highest BCUT2D eigenvalue weighted by molar-refractivity contribution is 6.07. The van der Waals surface area contributed by atoms with Gasteiger partial charge in [0.05, 0.1) is 59.2 Å². The average molecular weight is 1390 g/mol. The number of H-pyrrole nitrogens is 4. The van der Waals surface area contributed by atoms with Gasteiger partial charge in [0.15, 0.2) is 22.6 Å². The lowest BCUT2D eigenvalue weighted by molar-refractivity contribution is -0.129. The second-order valence-corrected chi connectivity index (χ2v) is 24.2. The van der Waals surface area contributed by atoms with E-state index in [4.69, 9.17) is 0 Å². The number of likely N-dealkylation sites (tertiary alicyclic amines) is 4. The van der Waals surface area contributed by atoms with E-state index in [2.05, 4.69) is 113 Å². The van der Waals surface area contributed by atoms with Crippen LogP contribution in [0.3, 0.4) is 0 Å². The predicted molar refractivity (Wildman–Crippen MR) is 383 cm³/mol. The molecule has 10 N–H and O–H groups in total. The summed E-state index contributed by atoms with van der Waals surface area (Å²) in [4.78, 5) is 156. The topological polar surface area (TPSA) is 406 Å². The molecule has 8 amide bonds. The number of nitrogens with one attached hydrogen (secondary N) is 9. The number of likely N-dealkylation sites (N-methyl/N-ethyl adjacent to an activating group) is 3. The Morgan fingerprint density at radius 2 is 0.723 bits per heavy atom. The lowest BCUT2D eigenvalue weighted by atomic mass is 10.0. The molecule has 4 aliphatic heterocycles. The van der Waals surface area contributed by atoms with Crippen LogP contribution in [0.1, 0.15) is 94.8 Å². The molecule has 534 valence electrons. The lowest BCUT2D eigenvalue weighted by Gasteiger charge is -2.35. The maximum Gasteiger partial charge on any atom is 0.255 e. The lowest BCUT2D eigenvalue weighted by Crippen LogP contribution is -2.51. The number of fused-ring (bicyclic) bond motifs is 4. The van der Waals surface area contributed by atoms with Crippen LogP contribution >= 0.6 is 0 Å². The number of nitrogens with zero attached hydrogens (tertiary/aromatic N) is 15. The van der Waals surface area contributed by atoms with Crippen LogP contribution < -0.4 is 41.3 Å². The first-order chi connectivity index (χ1) is 48.7. The molecule has 0 aliphatic carbocycles. The molecule has 0 aromatic carbocycles. The Labute approximate surface area is 582 Å². The van der Waals surface area contributed by atoms with E-state index in [9.17, 15) is 43.5 Å². The van der Waals surface area contributed by atoms with Crippen molar-refractivity contribution in [2.24, 2.45) is 0 Å². The molecule has 0 bridgehead atoms. The van der Waals surface area contributed by atoms with Gasteiger partial charge in [-0.1, -0.05) is 26.3 Å². The van der Waals surface area contributed by atoms with E-state index >= 15 is 0 Å². The number of β-amino-alcohol motifs (C(OH)–C–C–N with tert-alkyl or cyclic N) is 1. The van der Waals surface area contributed by atoms with Crippen molar-refractivity contribution >= 4 is 115 Å². The number of aromatic nitrogens is 12. The Kier molecular flexibility index (Phi) is 24.6. The summed E-state index contributed by atoms with van der Waals surface area (Å²) in [5, 5.41) is 24.5. The Balaban J connectivity index is 0.000000157. The fourth-order valence-corrected chi connectivity index (χ4v) is 12.2. The summed E-state index contributed by atoms with van der Waals surface area (Å²) < 4.78 is 0. The molecule has 4 saturated heterocycles. The van der Waals surface area contributed by atoms with E-state index in [0.717, 1.165) is 19.3 Å². The average Bonchev–Trinajstić information content (AvgIpc) is 1.61. The fraction of sp³-hybridized carbons (Fsp3) is 0.412. The van der Waals surface area contributed by atoms with Gasteiger partial charge in [0.2, 0.25) is 23.6 Å². The van der Waals surface area contributed by atoms with Crippen LogP contribution in [0.25, 0.3) is 44.7 Å². The molecule has 1 unspecified atom stereocenters. The summed E-state index contributed by atoms with van der Waals surface area (Å²) in [6.45, 7) is 28.4. The van der Waals surface area contributed by atoms with Gasteiger partial charge in [-0.3, -0.25) is 38.4 Å². The van der Waals surface area contributed by atoms with E-state index < -0.39 is 6.10 Å². The largest absolute Gasteiger partial charge is 0.389 e. The SMILES string of the molecule is C=CC(=O)N1CCC(N(C)c2cnc3[nH]cc(C(=O)NCC)c3n2)C1.C=CC(=O)N1CC[C@@H](N(C)c2cnc3[nH]cc(C(=O)NCC)c3n2)C1.C=CC(=O)N1CC[C@H](N(C)c2cnc3[nH]cc(C(=O)NCC)c3n2)C1.C=CC(=O)N1CC[C@H](Nc2cnc3[nH]cc(C(=O)NCC)c3n2)[C@@H](O)C1. The molecule has 12 heterocycles. The van der Waals surface area contributed by atoms with Gasteiger partial charge in [-0.15, -0.1) is 0 Å². The Morgan fingerprint density at radius 3 is 1.01 bits per heavy atom. The van der Waals surface area contributed by atoms with Crippen LogP contribution in [-0.4, -0.2) is 262 Å². The Bertz CT molecular complexity index is 4050. The quantitative estimate of drug-likeness (QED) is 0.0490. The van der Waals surface area contributed by atoms with Gasteiger partial charge in [0.25, 0.3) is 23.6 Å². The molecule has 101 heavy (non-hydrogen) atoms. The first-order valence-electron chi connectivity index (χ1n) is 33.5. The number of hydrogen-bond acceptors (Lipinski definition) is 21. The predicted octanol–water partition coefficient (Wildman–Crippen LogP) is 3.06. The molecule has 4 fully saturated rings. The number of carbonyl (C=O) groups is 8. The van der Waals surface area contributed by atoms with E-state index in [-0.39, 0.29) is 78.0 Å². The Hall–Kier alpha value is -11.6. The normalized spacial score (nSPS) is 17.7. The molecule has 12 rings (SSSR count). The van der Waals surface area contributed by atoms with Crippen LogP contribution in [0.15, 0.2) is 100 Å². The highest BCUT2D eigenvalue weighted by Crippen LogP contribution is 2.28. The van der Waals surface area contributed by atoms with Gasteiger partial charge >= 0.3 is 0 Å².